The number of rotatable bonds is 5. The number of nitrogens with one attached hydrogen (secondary N) is 1. The Morgan fingerprint density at radius 1 is 1.42 bits per heavy atom. The summed E-state index contributed by atoms with van der Waals surface area (Å²) in [4.78, 5) is 6.40. The second-order valence-corrected chi connectivity index (χ2v) is 4.40. The van der Waals surface area contributed by atoms with Gasteiger partial charge in [-0.2, -0.15) is 0 Å². The second kappa shape index (κ2) is 9.11. The highest BCUT2D eigenvalue weighted by Crippen LogP contribution is 1.98. The number of aliphatic imine (C=N–C) groups is 1. The molecule has 0 aliphatic carbocycles. The number of unbranched alkanes of at least 4 members (excludes halogenated alkanes) is 1. The van der Waals surface area contributed by atoms with Crippen LogP contribution in [-0.4, -0.2) is 46.3 Å². The van der Waals surface area contributed by atoms with Crippen molar-refractivity contribution in [3.63, 3.8) is 0 Å². The Balaban J connectivity index is 0.00000324. The molecule has 1 aromatic heterocycles. The summed E-state index contributed by atoms with van der Waals surface area (Å²) in [5.74, 6) is 2.72. The fourth-order valence-corrected chi connectivity index (χ4v) is 1.65. The average Bonchev–Trinajstić information content (AvgIpc) is 2.68. The molecule has 0 saturated heterocycles. The van der Waals surface area contributed by atoms with Gasteiger partial charge in [-0.05, 0) is 13.3 Å². The molecule has 1 rings (SSSR count). The van der Waals surface area contributed by atoms with Gasteiger partial charge in [0.1, 0.15) is 5.82 Å². The number of hydrogen-bond acceptors (Lipinski definition) is 3. The van der Waals surface area contributed by atoms with E-state index in [4.69, 9.17) is 0 Å². The Labute approximate surface area is 132 Å². The van der Waals surface area contributed by atoms with E-state index in [1.165, 1.54) is 12.8 Å². The SMILES string of the molecule is CCCCN(C)C(=NC)NCc1nnc(C)n1C.I. The number of guanidine groups is 1. The maximum Gasteiger partial charge on any atom is 0.193 e. The summed E-state index contributed by atoms with van der Waals surface area (Å²) in [5, 5.41) is 11.5. The Morgan fingerprint density at radius 3 is 2.58 bits per heavy atom. The van der Waals surface area contributed by atoms with Gasteiger partial charge in [0.2, 0.25) is 0 Å². The van der Waals surface area contributed by atoms with Crippen LogP contribution in [0.15, 0.2) is 4.99 Å². The van der Waals surface area contributed by atoms with Gasteiger partial charge in [0, 0.05) is 27.7 Å². The lowest BCUT2D eigenvalue weighted by atomic mass is 10.3. The summed E-state index contributed by atoms with van der Waals surface area (Å²) in [6.07, 6.45) is 2.35. The van der Waals surface area contributed by atoms with Crippen LogP contribution >= 0.6 is 24.0 Å². The third-order valence-corrected chi connectivity index (χ3v) is 3.01. The predicted molar refractivity (Wildman–Crippen MR) is 88.9 cm³/mol. The number of nitrogens with zero attached hydrogens (tertiary/aromatic N) is 5. The second-order valence-electron chi connectivity index (χ2n) is 4.40. The van der Waals surface area contributed by atoms with E-state index in [2.05, 4.69) is 32.3 Å². The molecule has 0 aliphatic rings. The normalized spacial score (nSPS) is 11.1. The van der Waals surface area contributed by atoms with Gasteiger partial charge in [-0.25, -0.2) is 0 Å². The summed E-state index contributed by atoms with van der Waals surface area (Å²) in [6, 6.07) is 0. The van der Waals surface area contributed by atoms with E-state index in [0.717, 1.165) is 24.2 Å². The molecule has 0 radical (unpaired) electrons. The minimum atomic E-state index is 0. The lowest BCUT2D eigenvalue weighted by Crippen LogP contribution is -2.39. The molecule has 1 aromatic rings. The van der Waals surface area contributed by atoms with Crippen LogP contribution in [0.2, 0.25) is 0 Å². The zero-order valence-electron chi connectivity index (χ0n) is 12.5. The van der Waals surface area contributed by atoms with E-state index in [-0.39, 0.29) is 24.0 Å². The van der Waals surface area contributed by atoms with Crippen LogP contribution in [0.5, 0.6) is 0 Å². The Kier molecular flexibility index (Phi) is 8.70. The van der Waals surface area contributed by atoms with Crippen molar-refractivity contribution in [2.75, 3.05) is 20.6 Å². The standard InChI is InChI=1S/C12H24N6.HI/c1-6-7-8-17(4)12(13-3)14-9-11-16-15-10(2)18(11)5;/h6-9H2,1-5H3,(H,13,14);1H. The molecule has 0 saturated carbocycles. The molecule has 0 bridgehead atoms. The van der Waals surface area contributed by atoms with E-state index in [0.29, 0.717) is 6.54 Å². The predicted octanol–water partition coefficient (Wildman–Crippen LogP) is 1.55. The highest BCUT2D eigenvalue weighted by molar-refractivity contribution is 14.0. The largest absolute Gasteiger partial charge is 0.349 e. The summed E-state index contributed by atoms with van der Waals surface area (Å²) in [7, 11) is 5.82. The van der Waals surface area contributed by atoms with Crippen LogP contribution in [0.3, 0.4) is 0 Å². The third kappa shape index (κ3) is 5.33. The van der Waals surface area contributed by atoms with Crippen LogP contribution in [0.4, 0.5) is 0 Å². The topological polar surface area (TPSA) is 58.3 Å². The van der Waals surface area contributed by atoms with Crippen LogP contribution in [-0.2, 0) is 13.6 Å². The molecule has 1 N–H and O–H groups in total. The molecule has 110 valence electrons. The van der Waals surface area contributed by atoms with Gasteiger partial charge in [-0.3, -0.25) is 4.99 Å². The molecular weight excluding hydrogens is 355 g/mol. The zero-order valence-corrected chi connectivity index (χ0v) is 14.8. The lowest BCUT2D eigenvalue weighted by Gasteiger charge is -2.21. The van der Waals surface area contributed by atoms with E-state index < -0.39 is 0 Å². The summed E-state index contributed by atoms with van der Waals surface area (Å²) < 4.78 is 1.98. The molecule has 0 spiro atoms. The van der Waals surface area contributed by atoms with Gasteiger partial charge in [0.25, 0.3) is 0 Å². The lowest BCUT2D eigenvalue weighted by molar-refractivity contribution is 0.463. The minimum absolute atomic E-state index is 0. The van der Waals surface area contributed by atoms with Crippen molar-refractivity contribution in [2.24, 2.45) is 12.0 Å². The zero-order chi connectivity index (χ0) is 13.5. The first kappa shape index (κ1) is 18.1. The van der Waals surface area contributed by atoms with Crippen molar-refractivity contribution in [2.45, 2.75) is 33.2 Å². The van der Waals surface area contributed by atoms with E-state index in [1.807, 2.05) is 25.6 Å². The first-order chi connectivity index (χ1) is 8.60. The smallest absolute Gasteiger partial charge is 0.193 e. The number of aryl methyl sites for hydroxylation is 1. The van der Waals surface area contributed by atoms with E-state index in [1.54, 1.807) is 7.05 Å². The highest BCUT2D eigenvalue weighted by atomic mass is 127. The fraction of sp³-hybridized carbons (Fsp3) is 0.750. The molecule has 0 atom stereocenters. The number of aromatic nitrogens is 3. The van der Waals surface area contributed by atoms with Crippen LogP contribution in [0.25, 0.3) is 0 Å². The Bertz CT molecular complexity index is 401. The highest BCUT2D eigenvalue weighted by Gasteiger charge is 2.08. The molecule has 1 heterocycles. The number of hydrogen-bond donors (Lipinski definition) is 1. The molecule has 0 aliphatic heterocycles. The van der Waals surface area contributed by atoms with Crippen molar-refractivity contribution < 1.29 is 0 Å². The van der Waals surface area contributed by atoms with Gasteiger partial charge in [-0.15, -0.1) is 34.2 Å². The molecule has 7 heteroatoms. The summed E-state index contributed by atoms with van der Waals surface area (Å²) in [6.45, 7) is 5.78. The molecule has 0 aromatic carbocycles. The Hall–Kier alpha value is -0.860. The van der Waals surface area contributed by atoms with Crippen LogP contribution < -0.4 is 5.32 Å². The quantitative estimate of drug-likeness (QED) is 0.479. The third-order valence-electron chi connectivity index (χ3n) is 3.01. The van der Waals surface area contributed by atoms with Gasteiger partial charge >= 0.3 is 0 Å². The summed E-state index contributed by atoms with van der Waals surface area (Å²) in [5.41, 5.74) is 0. The van der Waals surface area contributed by atoms with Gasteiger partial charge in [0.05, 0.1) is 6.54 Å². The molecule has 19 heavy (non-hydrogen) atoms. The van der Waals surface area contributed by atoms with Crippen LogP contribution in [0, 0.1) is 6.92 Å². The molecule has 6 nitrogen and oxygen atoms in total. The maximum absolute atomic E-state index is 4.27. The van der Waals surface area contributed by atoms with Crippen molar-refractivity contribution in [3.8, 4) is 0 Å². The first-order valence-corrected chi connectivity index (χ1v) is 6.36. The maximum atomic E-state index is 4.27. The molecule has 0 unspecified atom stereocenters. The molecule has 0 fully saturated rings. The first-order valence-electron chi connectivity index (χ1n) is 6.36. The van der Waals surface area contributed by atoms with Crippen molar-refractivity contribution in [3.05, 3.63) is 11.6 Å². The van der Waals surface area contributed by atoms with E-state index in [9.17, 15) is 0 Å². The average molecular weight is 380 g/mol. The summed E-state index contributed by atoms with van der Waals surface area (Å²) >= 11 is 0. The minimum Gasteiger partial charge on any atom is -0.349 e. The van der Waals surface area contributed by atoms with Gasteiger partial charge in [-0.1, -0.05) is 13.3 Å². The molecular formula is C12H25IN6. The van der Waals surface area contributed by atoms with Crippen molar-refractivity contribution in [1.29, 1.82) is 0 Å². The van der Waals surface area contributed by atoms with Crippen molar-refractivity contribution in [1.82, 2.24) is 25.0 Å². The van der Waals surface area contributed by atoms with Crippen LogP contribution in [0.1, 0.15) is 31.4 Å². The Morgan fingerprint density at radius 2 is 2.11 bits per heavy atom. The monoisotopic (exact) mass is 380 g/mol. The van der Waals surface area contributed by atoms with Gasteiger partial charge < -0.3 is 14.8 Å². The molecule has 0 amide bonds. The number of halogens is 1. The fourth-order valence-electron chi connectivity index (χ4n) is 1.65. The van der Waals surface area contributed by atoms with E-state index >= 15 is 0 Å². The van der Waals surface area contributed by atoms with Gasteiger partial charge in [0.15, 0.2) is 11.8 Å². The van der Waals surface area contributed by atoms with Crippen molar-refractivity contribution >= 4 is 29.9 Å².